The number of benzene rings is 3. The predicted octanol–water partition coefficient (Wildman–Crippen LogP) is 7.76. The van der Waals surface area contributed by atoms with Gasteiger partial charge in [0.15, 0.2) is 5.00 Å². The van der Waals surface area contributed by atoms with Gasteiger partial charge in [-0.2, -0.15) is 10.5 Å². The van der Waals surface area contributed by atoms with Crippen molar-refractivity contribution in [3.8, 4) is 12.1 Å². The van der Waals surface area contributed by atoms with Gasteiger partial charge in [-0.3, -0.25) is 0 Å². The number of carbonyl (C=O) groups is 1. The zero-order chi connectivity index (χ0) is 36.3. The zero-order valence-corrected chi connectivity index (χ0v) is 30.1. The van der Waals surface area contributed by atoms with Crippen LogP contribution in [-0.2, 0) is 30.2 Å². The molecule has 1 heterocycles. The van der Waals surface area contributed by atoms with Crippen molar-refractivity contribution in [2.24, 2.45) is 10.2 Å². The monoisotopic (exact) mass is 709 g/mol. The molecule has 0 aliphatic rings. The Morgan fingerprint density at radius 3 is 1.98 bits per heavy atom. The largest absolute Gasteiger partial charge is 0.460 e. The molecule has 0 N–H and O–H groups in total. The number of nitrogens with zero attached hydrogens (tertiary/aromatic N) is 5. The second-order valence-corrected chi connectivity index (χ2v) is 12.4. The molecule has 0 bridgehead atoms. The lowest BCUT2D eigenvalue weighted by atomic mass is 10.1. The molecule has 1 aromatic heterocycles. The number of aryl methyl sites for hydroxylation is 2. The fourth-order valence-corrected chi connectivity index (χ4v) is 5.84. The summed E-state index contributed by atoms with van der Waals surface area (Å²) in [4.78, 5) is 14.8. The molecular weight excluding hydrogens is 667 g/mol. The second-order valence-electron chi connectivity index (χ2n) is 11.4. The van der Waals surface area contributed by atoms with Crippen molar-refractivity contribution in [3.05, 3.63) is 111 Å². The highest BCUT2D eigenvalue weighted by molar-refractivity contribution is 7.16. The summed E-state index contributed by atoms with van der Waals surface area (Å²) in [6, 6.07) is 27.8. The lowest BCUT2D eigenvalue weighted by Crippen LogP contribution is -2.27. The van der Waals surface area contributed by atoms with Crippen LogP contribution in [0.15, 0.2) is 83.0 Å². The molecule has 0 fully saturated rings. The Bertz CT molecular complexity index is 1810. The first-order chi connectivity index (χ1) is 24.9. The fraction of sp³-hybridized carbons (Fsp3) is 0.359. The van der Waals surface area contributed by atoms with E-state index in [4.69, 9.17) is 23.7 Å². The van der Waals surface area contributed by atoms with Crippen molar-refractivity contribution in [2.45, 2.75) is 27.3 Å². The molecular formula is C39H43N5O6S. The minimum atomic E-state index is -0.348. The first kappa shape index (κ1) is 38.8. The van der Waals surface area contributed by atoms with Gasteiger partial charge in [-0.25, -0.2) is 4.79 Å². The summed E-state index contributed by atoms with van der Waals surface area (Å²) in [5.74, 6) is -0.348. The number of hydrogen-bond donors (Lipinski definition) is 0. The molecule has 0 amide bonds. The van der Waals surface area contributed by atoms with E-state index in [1.54, 1.807) is 13.0 Å². The van der Waals surface area contributed by atoms with Crippen LogP contribution in [0.3, 0.4) is 0 Å². The number of carbonyl (C=O) groups excluding carboxylic acids is 1. The second kappa shape index (κ2) is 21.3. The molecule has 0 aliphatic carbocycles. The average molecular weight is 710 g/mol. The number of nitriles is 2. The topological polar surface area (TPSA) is 139 Å². The zero-order valence-electron chi connectivity index (χ0n) is 29.3. The number of azo groups is 1. The number of hydrogen-bond acceptors (Lipinski definition) is 12. The van der Waals surface area contributed by atoms with Gasteiger partial charge in [0.1, 0.15) is 23.6 Å². The first-order valence-electron chi connectivity index (χ1n) is 16.7. The van der Waals surface area contributed by atoms with E-state index in [2.05, 4.69) is 45.5 Å². The van der Waals surface area contributed by atoms with Crippen LogP contribution in [-0.4, -0.2) is 72.0 Å². The van der Waals surface area contributed by atoms with E-state index in [1.807, 2.05) is 62.4 Å². The molecule has 266 valence electrons. The van der Waals surface area contributed by atoms with Crippen molar-refractivity contribution in [1.82, 2.24) is 0 Å². The van der Waals surface area contributed by atoms with E-state index in [1.165, 1.54) is 16.9 Å². The molecule has 51 heavy (non-hydrogen) atoms. The highest BCUT2D eigenvalue weighted by Crippen LogP contribution is 2.36. The number of ether oxygens (including phenoxy) is 5. The van der Waals surface area contributed by atoms with Gasteiger partial charge in [0.05, 0.1) is 69.7 Å². The fourth-order valence-electron chi connectivity index (χ4n) is 4.97. The van der Waals surface area contributed by atoms with Crippen LogP contribution in [0.25, 0.3) is 0 Å². The molecule has 0 radical (unpaired) electrons. The highest BCUT2D eigenvalue weighted by Gasteiger charge is 2.15. The summed E-state index contributed by atoms with van der Waals surface area (Å²) in [7, 11) is 0. The van der Waals surface area contributed by atoms with Crippen molar-refractivity contribution in [2.75, 3.05) is 70.9 Å². The molecule has 3 aromatic carbocycles. The number of esters is 1. The van der Waals surface area contributed by atoms with Crippen LogP contribution in [0.1, 0.15) is 43.1 Å². The van der Waals surface area contributed by atoms with E-state index >= 15 is 0 Å². The lowest BCUT2D eigenvalue weighted by Gasteiger charge is -2.25. The molecule has 4 rings (SSSR count). The summed E-state index contributed by atoms with van der Waals surface area (Å²) < 4.78 is 27.8. The third-order valence-corrected chi connectivity index (χ3v) is 8.88. The van der Waals surface area contributed by atoms with E-state index in [9.17, 15) is 15.3 Å². The Morgan fingerprint density at radius 1 is 0.725 bits per heavy atom. The van der Waals surface area contributed by atoms with Gasteiger partial charge in [0.25, 0.3) is 0 Å². The van der Waals surface area contributed by atoms with Crippen LogP contribution in [0.2, 0.25) is 0 Å². The van der Waals surface area contributed by atoms with E-state index < -0.39 is 0 Å². The summed E-state index contributed by atoms with van der Waals surface area (Å²) in [6.45, 7) is 10.6. The summed E-state index contributed by atoms with van der Waals surface area (Å²) >= 11 is 1.17. The average Bonchev–Trinajstić information content (AvgIpc) is 3.46. The maximum atomic E-state index is 12.1. The van der Waals surface area contributed by atoms with Crippen molar-refractivity contribution < 1.29 is 28.5 Å². The quantitative estimate of drug-likeness (QED) is 0.0483. The summed E-state index contributed by atoms with van der Waals surface area (Å²) in [5.41, 5.74) is 6.29. The molecule has 4 aromatic rings. The Labute approximate surface area is 303 Å². The normalized spacial score (nSPS) is 11.0. The maximum Gasteiger partial charge on any atom is 0.338 e. The lowest BCUT2D eigenvalue weighted by molar-refractivity contribution is -0.00847. The first-order valence-corrected chi connectivity index (χ1v) is 17.5. The molecule has 0 atom stereocenters. The third-order valence-electron chi connectivity index (χ3n) is 7.80. The molecule has 0 saturated heterocycles. The smallest absolute Gasteiger partial charge is 0.338 e. The Hall–Kier alpha value is -4.95. The number of rotatable bonds is 21. The van der Waals surface area contributed by atoms with E-state index in [0.29, 0.717) is 98.2 Å². The van der Waals surface area contributed by atoms with Crippen molar-refractivity contribution >= 4 is 33.7 Å². The van der Waals surface area contributed by atoms with Gasteiger partial charge in [0, 0.05) is 18.8 Å². The van der Waals surface area contributed by atoms with Gasteiger partial charge >= 0.3 is 5.97 Å². The third kappa shape index (κ3) is 12.4. The van der Waals surface area contributed by atoms with Crippen LogP contribution >= 0.6 is 11.3 Å². The van der Waals surface area contributed by atoms with Crippen molar-refractivity contribution in [3.63, 3.8) is 0 Å². The number of thiophene rings is 1. The van der Waals surface area contributed by atoms with Gasteiger partial charge in [-0.05, 0) is 67.3 Å². The van der Waals surface area contributed by atoms with Gasteiger partial charge in [0.2, 0.25) is 0 Å². The molecule has 12 heteroatoms. The molecule has 0 saturated carbocycles. The molecule has 0 spiro atoms. The van der Waals surface area contributed by atoms with Gasteiger partial charge < -0.3 is 28.6 Å². The van der Waals surface area contributed by atoms with E-state index in [0.717, 1.165) is 16.8 Å². The maximum absolute atomic E-state index is 12.1. The minimum Gasteiger partial charge on any atom is -0.460 e. The molecule has 0 unspecified atom stereocenters. The SMILES string of the molecule is Cc1cc(N(CCOCCOCCOCCOCCOC(=O)c2ccccc2C)Cc2ccccc2)ccc1/N=N/c1sc(C#N)c(C)c1C#N. The van der Waals surface area contributed by atoms with E-state index in [-0.39, 0.29) is 12.6 Å². The standard InChI is InChI=1S/C39H43N5O6S/c1-29-9-7-8-12-34(29)39(45)50-24-23-49-22-21-48-20-19-47-18-17-46-16-15-44(28-32-10-5-4-6-11-32)33-13-14-36(30(2)25-33)42-43-38-35(26-40)31(3)37(27-41)51-38/h4-14,25H,15-24,28H2,1-3H3/b43-42+. The highest BCUT2D eigenvalue weighted by atomic mass is 32.1. The Morgan fingerprint density at radius 2 is 1.35 bits per heavy atom. The van der Waals surface area contributed by atoms with Gasteiger partial charge in [-0.15, -0.1) is 21.6 Å². The van der Waals surface area contributed by atoms with Crippen LogP contribution < -0.4 is 4.90 Å². The molecule has 0 aliphatic heterocycles. The number of anilines is 1. The van der Waals surface area contributed by atoms with Crippen LogP contribution in [0.5, 0.6) is 0 Å². The van der Waals surface area contributed by atoms with Crippen molar-refractivity contribution in [1.29, 1.82) is 10.5 Å². The Balaban J connectivity index is 1.13. The molecule has 11 nitrogen and oxygen atoms in total. The van der Waals surface area contributed by atoms with Crippen LogP contribution in [0.4, 0.5) is 16.4 Å². The predicted molar refractivity (Wildman–Crippen MR) is 196 cm³/mol. The summed E-state index contributed by atoms with van der Waals surface area (Å²) in [6.07, 6.45) is 0. The summed E-state index contributed by atoms with van der Waals surface area (Å²) in [5, 5.41) is 28.0. The van der Waals surface area contributed by atoms with Crippen LogP contribution in [0, 0.1) is 43.4 Å². The Kier molecular flexibility index (Phi) is 16.2. The minimum absolute atomic E-state index is 0.187. The van der Waals surface area contributed by atoms with Gasteiger partial charge in [-0.1, -0.05) is 48.5 Å².